The first-order chi connectivity index (χ1) is 12.1. The summed E-state index contributed by atoms with van der Waals surface area (Å²) in [4.78, 5) is 20.7. The SMILES string of the molecule is Cc1cccc(NC(=O)c2cnc(NCc3ccccc3C)nc2)c1. The molecule has 1 aromatic heterocycles. The summed E-state index contributed by atoms with van der Waals surface area (Å²) in [5, 5.41) is 6.02. The molecule has 1 amide bonds. The maximum absolute atomic E-state index is 12.2. The van der Waals surface area contributed by atoms with Gasteiger partial charge < -0.3 is 10.6 Å². The van der Waals surface area contributed by atoms with Crippen molar-refractivity contribution < 1.29 is 4.79 Å². The van der Waals surface area contributed by atoms with E-state index in [1.54, 1.807) is 0 Å². The minimum atomic E-state index is -0.226. The van der Waals surface area contributed by atoms with Crippen LogP contribution >= 0.6 is 0 Å². The summed E-state index contributed by atoms with van der Waals surface area (Å²) in [6.45, 7) is 4.69. The second-order valence-electron chi connectivity index (χ2n) is 5.90. The number of hydrogen-bond acceptors (Lipinski definition) is 4. The molecule has 0 saturated carbocycles. The fraction of sp³-hybridized carbons (Fsp3) is 0.150. The highest BCUT2D eigenvalue weighted by molar-refractivity contribution is 6.03. The summed E-state index contributed by atoms with van der Waals surface area (Å²) in [5.41, 5.74) is 4.66. The number of nitrogens with one attached hydrogen (secondary N) is 2. The number of nitrogens with zero attached hydrogens (tertiary/aromatic N) is 2. The van der Waals surface area contributed by atoms with Crippen molar-refractivity contribution in [3.05, 3.63) is 83.2 Å². The fourth-order valence-corrected chi connectivity index (χ4v) is 2.45. The number of aromatic nitrogens is 2. The van der Waals surface area contributed by atoms with Gasteiger partial charge in [-0.15, -0.1) is 0 Å². The van der Waals surface area contributed by atoms with Crippen molar-refractivity contribution in [1.82, 2.24) is 9.97 Å². The second-order valence-corrected chi connectivity index (χ2v) is 5.90. The third kappa shape index (κ3) is 4.41. The number of aryl methyl sites for hydroxylation is 2. The van der Waals surface area contributed by atoms with Crippen LogP contribution in [0.3, 0.4) is 0 Å². The van der Waals surface area contributed by atoms with Crippen molar-refractivity contribution in [2.24, 2.45) is 0 Å². The molecule has 3 aromatic rings. The summed E-state index contributed by atoms with van der Waals surface area (Å²) < 4.78 is 0. The Labute approximate surface area is 147 Å². The molecule has 0 aliphatic carbocycles. The number of amides is 1. The Kier molecular flexibility index (Phi) is 5.04. The van der Waals surface area contributed by atoms with Crippen molar-refractivity contribution in [3.8, 4) is 0 Å². The number of hydrogen-bond donors (Lipinski definition) is 2. The van der Waals surface area contributed by atoms with Crippen LogP contribution in [-0.2, 0) is 6.54 Å². The van der Waals surface area contributed by atoms with E-state index in [0.717, 1.165) is 11.3 Å². The second kappa shape index (κ2) is 7.57. The summed E-state index contributed by atoms with van der Waals surface area (Å²) >= 11 is 0. The highest BCUT2D eigenvalue weighted by atomic mass is 16.1. The van der Waals surface area contributed by atoms with E-state index in [-0.39, 0.29) is 5.91 Å². The van der Waals surface area contributed by atoms with Crippen LogP contribution in [-0.4, -0.2) is 15.9 Å². The molecular weight excluding hydrogens is 312 g/mol. The Hall–Kier alpha value is -3.21. The summed E-state index contributed by atoms with van der Waals surface area (Å²) in [7, 11) is 0. The Balaban J connectivity index is 1.61. The zero-order chi connectivity index (χ0) is 17.6. The van der Waals surface area contributed by atoms with Gasteiger partial charge in [0.15, 0.2) is 0 Å². The molecule has 0 radical (unpaired) electrons. The van der Waals surface area contributed by atoms with Crippen LogP contribution in [0.1, 0.15) is 27.0 Å². The summed E-state index contributed by atoms with van der Waals surface area (Å²) in [5.74, 6) is 0.270. The Morgan fingerprint density at radius 2 is 1.76 bits per heavy atom. The number of benzene rings is 2. The number of carbonyl (C=O) groups is 1. The lowest BCUT2D eigenvalue weighted by atomic mass is 10.1. The van der Waals surface area contributed by atoms with Crippen LogP contribution in [0.2, 0.25) is 0 Å². The molecule has 2 aromatic carbocycles. The van der Waals surface area contributed by atoms with E-state index in [2.05, 4.69) is 39.7 Å². The van der Waals surface area contributed by atoms with Gasteiger partial charge in [-0.05, 0) is 42.7 Å². The van der Waals surface area contributed by atoms with Gasteiger partial charge >= 0.3 is 0 Å². The first-order valence-electron chi connectivity index (χ1n) is 8.10. The molecule has 5 heteroatoms. The molecule has 1 heterocycles. The summed E-state index contributed by atoms with van der Waals surface area (Å²) in [6, 6.07) is 15.8. The molecule has 0 aliphatic heterocycles. The number of carbonyl (C=O) groups excluding carboxylic acids is 1. The van der Waals surface area contributed by atoms with Gasteiger partial charge in [-0.2, -0.15) is 0 Å². The standard InChI is InChI=1S/C20H20N4O/c1-14-6-5-9-18(10-14)24-19(25)17-12-22-20(23-13-17)21-11-16-8-4-3-7-15(16)2/h3-10,12-13H,11H2,1-2H3,(H,24,25)(H,21,22,23). The zero-order valence-corrected chi connectivity index (χ0v) is 14.3. The van der Waals surface area contributed by atoms with Gasteiger partial charge in [-0.25, -0.2) is 9.97 Å². The minimum Gasteiger partial charge on any atom is -0.350 e. The van der Waals surface area contributed by atoms with Gasteiger partial charge in [-0.3, -0.25) is 4.79 Å². The van der Waals surface area contributed by atoms with Gasteiger partial charge in [0.1, 0.15) is 0 Å². The van der Waals surface area contributed by atoms with Crippen molar-refractivity contribution in [2.75, 3.05) is 10.6 Å². The summed E-state index contributed by atoms with van der Waals surface area (Å²) in [6.07, 6.45) is 3.05. The van der Waals surface area contributed by atoms with Crippen molar-refractivity contribution >= 4 is 17.5 Å². The average Bonchev–Trinajstić information content (AvgIpc) is 2.61. The van der Waals surface area contributed by atoms with E-state index in [1.807, 2.05) is 43.3 Å². The highest BCUT2D eigenvalue weighted by Gasteiger charge is 2.08. The lowest BCUT2D eigenvalue weighted by molar-refractivity contribution is 0.102. The third-order valence-electron chi connectivity index (χ3n) is 3.89. The van der Waals surface area contributed by atoms with Gasteiger partial charge in [0.05, 0.1) is 5.56 Å². The van der Waals surface area contributed by atoms with Gasteiger partial charge in [0.2, 0.25) is 5.95 Å². The molecule has 3 rings (SSSR count). The van der Waals surface area contributed by atoms with Gasteiger partial charge in [0, 0.05) is 24.6 Å². The topological polar surface area (TPSA) is 66.9 Å². The molecular formula is C20H20N4O. The smallest absolute Gasteiger partial charge is 0.258 e. The average molecular weight is 332 g/mol. The largest absolute Gasteiger partial charge is 0.350 e. The molecule has 5 nitrogen and oxygen atoms in total. The highest BCUT2D eigenvalue weighted by Crippen LogP contribution is 2.12. The lowest BCUT2D eigenvalue weighted by Gasteiger charge is -2.08. The number of rotatable bonds is 5. The molecule has 0 fully saturated rings. The molecule has 0 saturated heterocycles. The number of anilines is 2. The molecule has 0 bridgehead atoms. The first-order valence-corrected chi connectivity index (χ1v) is 8.10. The Bertz CT molecular complexity index is 875. The monoisotopic (exact) mass is 332 g/mol. The quantitative estimate of drug-likeness (QED) is 0.742. The molecule has 0 unspecified atom stereocenters. The van der Waals surface area contributed by atoms with Crippen LogP contribution in [0.4, 0.5) is 11.6 Å². The first kappa shape index (κ1) is 16.6. The van der Waals surface area contributed by atoms with Crippen LogP contribution in [0.5, 0.6) is 0 Å². The normalized spacial score (nSPS) is 10.3. The molecule has 0 aliphatic rings. The van der Waals surface area contributed by atoms with E-state index in [9.17, 15) is 4.79 Å². The van der Waals surface area contributed by atoms with Crippen molar-refractivity contribution in [1.29, 1.82) is 0 Å². The van der Waals surface area contributed by atoms with Crippen LogP contribution in [0.25, 0.3) is 0 Å². The van der Waals surface area contributed by atoms with Crippen molar-refractivity contribution in [3.63, 3.8) is 0 Å². The molecule has 126 valence electrons. The van der Waals surface area contributed by atoms with Crippen LogP contribution < -0.4 is 10.6 Å². The Morgan fingerprint density at radius 3 is 2.48 bits per heavy atom. The van der Waals surface area contributed by atoms with Crippen molar-refractivity contribution in [2.45, 2.75) is 20.4 Å². The maximum atomic E-state index is 12.2. The minimum absolute atomic E-state index is 0.226. The van der Waals surface area contributed by atoms with E-state index < -0.39 is 0 Å². The molecule has 0 spiro atoms. The fourth-order valence-electron chi connectivity index (χ4n) is 2.45. The van der Waals surface area contributed by atoms with Crippen LogP contribution in [0.15, 0.2) is 60.9 Å². The maximum Gasteiger partial charge on any atom is 0.258 e. The van der Waals surface area contributed by atoms with E-state index >= 15 is 0 Å². The van der Waals surface area contributed by atoms with Crippen LogP contribution in [0, 0.1) is 13.8 Å². The van der Waals surface area contributed by atoms with E-state index in [1.165, 1.54) is 23.5 Å². The zero-order valence-electron chi connectivity index (χ0n) is 14.3. The predicted octanol–water partition coefficient (Wildman–Crippen LogP) is 3.96. The van der Waals surface area contributed by atoms with Gasteiger partial charge in [-0.1, -0.05) is 36.4 Å². The van der Waals surface area contributed by atoms with E-state index in [0.29, 0.717) is 18.1 Å². The van der Waals surface area contributed by atoms with E-state index in [4.69, 9.17) is 0 Å². The lowest BCUT2D eigenvalue weighted by Crippen LogP contribution is -2.13. The van der Waals surface area contributed by atoms with Gasteiger partial charge in [0.25, 0.3) is 5.91 Å². The molecule has 2 N–H and O–H groups in total. The Morgan fingerprint density at radius 1 is 1.00 bits per heavy atom. The predicted molar refractivity (Wildman–Crippen MR) is 99.7 cm³/mol. The molecule has 0 atom stereocenters. The third-order valence-corrected chi connectivity index (χ3v) is 3.89. The molecule has 25 heavy (non-hydrogen) atoms.